The van der Waals surface area contributed by atoms with Gasteiger partial charge in [0.1, 0.15) is 17.6 Å². The van der Waals surface area contributed by atoms with Gasteiger partial charge in [-0.2, -0.15) is 0 Å². The van der Waals surface area contributed by atoms with Crippen molar-refractivity contribution in [3.8, 4) is 11.5 Å². The number of fused-ring (bicyclic) bond motifs is 1. The van der Waals surface area contributed by atoms with E-state index in [4.69, 9.17) is 21.1 Å². The number of thiophene rings is 1. The van der Waals surface area contributed by atoms with Crippen molar-refractivity contribution in [3.05, 3.63) is 43.5 Å². The summed E-state index contributed by atoms with van der Waals surface area (Å²) in [6.45, 7) is 3.00. The standard InChI is InChI=1S/C15H15BrClNO2S/c16-12-8-11(21-15(12)17)9-18-4-3-10-1-2-13-14(7-10)20-6-5-19-13/h1-2,7-8,18H,3-6,9H2. The average Bonchev–Trinajstić information content (AvgIpc) is 2.82. The van der Waals surface area contributed by atoms with Crippen LogP contribution in [-0.2, 0) is 13.0 Å². The van der Waals surface area contributed by atoms with Crippen molar-refractivity contribution in [2.45, 2.75) is 13.0 Å². The first-order valence-electron chi connectivity index (χ1n) is 6.75. The van der Waals surface area contributed by atoms with Crippen LogP contribution in [0.1, 0.15) is 10.4 Å². The van der Waals surface area contributed by atoms with E-state index in [0.29, 0.717) is 13.2 Å². The molecule has 1 aliphatic rings. The SMILES string of the molecule is Clc1sc(CNCCc2ccc3c(c2)OCCO3)cc1Br. The van der Waals surface area contributed by atoms with Gasteiger partial charge >= 0.3 is 0 Å². The van der Waals surface area contributed by atoms with Crippen LogP contribution in [0, 0.1) is 0 Å². The summed E-state index contributed by atoms with van der Waals surface area (Å²) in [6, 6.07) is 8.20. The Morgan fingerprint density at radius 1 is 1.19 bits per heavy atom. The molecule has 6 heteroatoms. The summed E-state index contributed by atoms with van der Waals surface area (Å²) in [4.78, 5) is 1.23. The summed E-state index contributed by atoms with van der Waals surface area (Å²) in [7, 11) is 0. The van der Waals surface area contributed by atoms with Crippen LogP contribution < -0.4 is 14.8 Å². The second-order valence-electron chi connectivity index (χ2n) is 4.74. The highest BCUT2D eigenvalue weighted by Gasteiger charge is 2.11. The summed E-state index contributed by atoms with van der Waals surface area (Å²) in [6.07, 6.45) is 0.955. The number of hydrogen-bond donors (Lipinski definition) is 1. The van der Waals surface area contributed by atoms with Crippen molar-refractivity contribution in [1.29, 1.82) is 0 Å². The van der Waals surface area contributed by atoms with Crippen molar-refractivity contribution in [3.63, 3.8) is 0 Å². The molecule has 1 aromatic carbocycles. The fraction of sp³-hybridized carbons (Fsp3) is 0.333. The molecule has 0 spiro atoms. The number of halogens is 2. The Morgan fingerprint density at radius 3 is 2.76 bits per heavy atom. The van der Waals surface area contributed by atoms with E-state index in [2.05, 4.69) is 39.4 Å². The molecule has 1 aliphatic heterocycles. The molecule has 2 heterocycles. The molecule has 1 aromatic heterocycles. The van der Waals surface area contributed by atoms with Crippen LogP contribution in [-0.4, -0.2) is 19.8 Å². The molecule has 3 rings (SSSR count). The van der Waals surface area contributed by atoms with Crippen molar-refractivity contribution in [1.82, 2.24) is 5.32 Å². The van der Waals surface area contributed by atoms with E-state index >= 15 is 0 Å². The van der Waals surface area contributed by atoms with Crippen LogP contribution in [0.15, 0.2) is 28.7 Å². The average molecular weight is 389 g/mol. The first kappa shape index (κ1) is 15.2. The molecule has 0 amide bonds. The molecule has 3 nitrogen and oxygen atoms in total. The third kappa shape index (κ3) is 3.92. The third-order valence-corrected chi connectivity index (χ3v) is 5.67. The monoisotopic (exact) mass is 387 g/mol. The fourth-order valence-corrected chi connectivity index (χ4v) is 3.93. The molecule has 0 aliphatic carbocycles. The summed E-state index contributed by atoms with van der Waals surface area (Å²) in [5.74, 6) is 1.70. The molecule has 0 saturated carbocycles. The molecule has 0 radical (unpaired) electrons. The normalized spacial score (nSPS) is 13.4. The number of nitrogens with one attached hydrogen (secondary N) is 1. The van der Waals surface area contributed by atoms with Crippen LogP contribution in [0.5, 0.6) is 11.5 Å². The first-order valence-corrected chi connectivity index (χ1v) is 8.74. The molecule has 112 valence electrons. The van der Waals surface area contributed by atoms with Crippen LogP contribution in [0.4, 0.5) is 0 Å². The minimum Gasteiger partial charge on any atom is -0.486 e. The zero-order valence-corrected chi connectivity index (χ0v) is 14.5. The summed E-state index contributed by atoms with van der Waals surface area (Å²) >= 11 is 11.0. The van der Waals surface area contributed by atoms with E-state index in [1.807, 2.05) is 6.07 Å². The van der Waals surface area contributed by atoms with Crippen LogP contribution in [0.2, 0.25) is 4.34 Å². The topological polar surface area (TPSA) is 30.5 Å². The number of benzene rings is 1. The Labute approximate surface area is 141 Å². The Morgan fingerprint density at radius 2 is 2.00 bits per heavy atom. The summed E-state index contributed by atoms with van der Waals surface area (Å²) in [5, 5.41) is 3.43. The van der Waals surface area contributed by atoms with E-state index in [1.165, 1.54) is 10.4 Å². The van der Waals surface area contributed by atoms with Gasteiger partial charge in [0.05, 0.1) is 0 Å². The molecule has 0 bridgehead atoms. The molecular weight excluding hydrogens is 374 g/mol. The summed E-state index contributed by atoms with van der Waals surface area (Å²) in [5.41, 5.74) is 1.25. The number of ether oxygens (including phenoxy) is 2. The maximum atomic E-state index is 6.02. The van der Waals surface area contributed by atoms with E-state index < -0.39 is 0 Å². The summed E-state index contributed by atoms with van der Waals surface area (Å²) < 4.78 is 12.9. The van der Waals surface area contributed by atoms with Crippen molar-refractivity contribution >= 4 is 38.9 Å². The van der Waals surface area contributed by atoms with Gasteiger partial charge in [-0.1, -0.05) is 17.7 Å². The molecular formula is C15H15BrClNO2S. The smallest absolute Gasteiger partial charge is 0.161 e. The maximum Gasteiger partial charge on any atom is 0.161 e. The molecule has 0 unspecified atom stereocenters. The quantitative estimate of drug-likeness (QED) is 0.776. The highest BCUT2D eigenvalue weighted by molar-refractivity contribution is 9.10. The molecule has 21 heavy (non-hydrogen) atoms. The minimum atomic E-state index is 0.628. The Kier molecular flexibility index (Phi) is 5.06. The van der Waals surface area contributed by atoms with Crippen LogP contribution in [0.25, 0.3) is 0 Å². The third-order valence-electron chi connectivity index (χ3n) is 3.19. The van der Waals surface area contributed by atoms with Crippen molar-refractivity contribution < 1.29 is 9.47 Å². The first-order chi connectivity index (χ1) is 10.2. The second-order valence-corrected chi connectivity index (χ2v) is 7.33. The lowest BCUT2D eigenvalue weighted by Gasteiger charge is -2.18. The van der Waals surface area contributed by atoms with E-state index in [0.717, 1.165) is 39.8 Å². The number of hydrogen-bond acceptors (Lipinski definition) is 4. The predicted molar refractivity (Wildman–Crippen MR) is 89.9 cm³/mol. The van der Waals surface area contributed by atoms with Crippen molar-refractivity contribution in [2.24, 2.45) is 0 Å². The van der Waals surface area contributed by atoms with E-state index in [9.17, 15) is 0 Å². The lowest BCUT2D eigenvalue weighted by molar-refractivity contribution is 0.171. The maximum absolute atomic E-state index is 6.02. The van der Waals surface area contributed by atoms with Gasteiger partial charge in [0.25, 0.3) is 0 Å². The Hall–Kier alpha value is -0.750. The largest absolute Gasteiger partial charge is 0.486 e. The van der Waals surface area contributed by atoms with Gasteiger partial charge in [-0.15, -0.1) is 11.3 Å². The number of rotatable bonds is 5. The highest BCUT2D eigenvalue weighted by Crippen LogP contribution is 2.32. The molecule has 2 aromatic rings. The molecule has 0 fully saturated rings. The van der Waals surface area contributed by atoms with Gasteiger partial charge in [0.15, 0.2) is 11.5 Å². The second kappa shape index (κ2) is 7.01. The van der Waals surface area contributed by atoms with Crippen LogP contribution in [0.3, 0.4) is 0 Å². The fourth-order valence-electron chi connectivity index (χ4n) is 2.17. The molecule has 0 atom stereocenters. The van der Waals surface area contributed by atoms with E-state index in [1.54, 1.807) is 11.3 Å². The lowest BCUT2D eigenvalue weighted by atomic mass is 10.1. The van der Waals surface area contributed by atoms with Gasteiger partial charge < -0.3 is 14.8 Å². The van der Waals surface area contributed by atoms with Crippen molar-refractivity contribution in [2.75, 3.05) is 19.8 Å². The zero-order chi connectivity index (χ0) is 14.7. The van der Waals surface area contributed by atoms with Gasteiger partial charge in [-0.3, -0.25) is 0 Å². The highest BCUT2D eigenvalue weighted by atomic mass is 79.9. The van der Waals surface area contributed by atoms with Gasteiger partial charge in [-0.05, 0) is 52.7 Å². The Balaban J connectivity index is 1.49. The van der Waals surface area contributed by atoms with Crippen LogP contribution >= 0.6 is 38.9 Å². The lowest BCUT2D eigenvalue weighted by Crippen LogP contribution is -2.17. The van der Waals surface area contributed by atoms with Gasteiger partial charge in [0, 0.05) is 15.9 Å². The van der Waals surface area contributed by atoms with E-state index in [-0.39, 0.29) is 0 Å². The Bertz CT molecular complexity index is 613. The van der Waals surface area contributed by atoms with Gasteiger partial charge in [0.2, 0.25) is 0 Å². The minimum absolute atomic E-state index is 0.628. The molecule has 1 N–H and O–H groups in total. The predicted octanol–water partition coefficient (Wildman–Crippen LogP) is 4.27. The zero-order valence-electron chi connectivity index (χ0n) is 11.3. The van der Waals surface area contributed by atoms with Gasteiger partial charge in [-0.25, -0.2) is 0 Å². The molecule has 0 saturated heterocycles.